The number of esters is 1. The van der Waals surface area contributed by atoms with Crippen LogP contribution in [0, 0.1) is 0 Å². The molecular formula is C10H11F2NO2. The number of nitrogens with zero attached hydrogens (tertiary/aromatic N) is 1. The zero-order valence-electron chi connectivity index (χ0n) is 8.24. The minimum atomic E-state index is -2.60. The van der Waals surface area contributed by atoms with Crippen LogP contribution in [0.15, 0.2) is 18.5 Å². The van der Waals surface area contributed by atoms with Crippen LogP contribution in [0.1, 0.15) is 24.5 Å². The number of ether oxygens (including phenoxy) is 1. The zero-order valence-corrected chi connectivity index (χ0v) is 8.24. The van der Waals surface area contributed by atoms with Crippen molar-refractivity contribution in [1.29, 1.82) is 0 Å². The first-order valence-electron chi connectivity index (χ1n) is 4.51. The molecule has 0 aliphatic rings. The molecule has 1 heterocycles. The molecule has 0 amide bonds. The normalized spacial score (nSPS) is 10.4. The predicted molar refractivity (Wildman–Crippen MR) is 49.5 cm³/mol. The van der Waals surface area contributed by atoms with Crippen LogP contribution in [-0.2, 0) is 16.0 Å². The number of aromatic nitrogens is 1. The molecule has 0 aliphatic carbocycles. The van der Waals surface area contributed by atoms with E-state index in [2.05, 4.69) is 9.72 Å². The van der Waals surface area contributed by atoms with Gasteiger partial charge in [0, 0.05) is 18.0 Å². The third kappa shape index (κ3) is 3.27. The minimum Gasteiger partial charge on any atom is -0.466 e. The monoisotopic (exact) mass is 215 g/mol. The standard InChI is InChI=1S/C10H11F2NO2/c1-2-15-9(14)5-7-6-13-4-3-8(7)10(11)12/h3-4,6,10H,2,5H2,1H3. The Kier molecular flexibility index (Phi) is 4.15. The molecule has 0 fully saturated rings. The molecule has 0 saturated heterocycles. The molecule has 15 heavy (non-hydrogen) atoms. The molecule has 0 radical (unpaired) electrons. The molecule has 0 bridgehead atoms. The summed E-state index contributed by atoms with van der Waals surface area (Å²) in [5, 5.41) is 0. The lowest BCUT2D eigenvalue weighted by molar-refractivity contribution is -0.142. The van der Waals surface area contributed by atoms with Crippen LogP contribution in [-0.4, -0.2) is 17.6 Å². The molecule has 0 atom stereocenters. The van der Waals surface area contributed by atoms with Gasteiger partial charge < -0.3 is 4.74 Å². The van der Waals surface area contributed by atoms with E-state index in [4.69, 9.17) is 0 Å². The third-order valence-corrected chi connectivity index (χ3v) is 1.82. The summed E-state index contributed by atoms with van der Waals surface area (Å²) in [5.41, 5.74) is 0.0454. The number of halogens is 2. The minimum absolute atomic E-state index is 0.165. The number of pyridine rings is 1. The van der Waals surface area contributed by atoms with Crippen LogP contribution < -0.4 is 0 Å². The van der Waals surface area contributed by atoms with Crippen LogP contribution in [0.4, 0.5) is 8.78 Å². The van der Waals surface area contributed by atoms with Crippen LogP contribution in [0.25, 0.3) is 0 Å². The number of rotatable bonds is 4. The number of hydrogen-bond donors (Lipinski definition) is 0. The molecule has 0 aliphatic heterocycles. The molecule has 0 saturated carbocycles. The first-order chi connectivity index (χ1) is 7.15. The first-order valence-corrected chi connectivity index (χ1v) is 4.51. The maximum absolute atomic E-state index is 12.5. The van der Waals surface area contributed by atoms with Crippen LogP contribution >= 0.6 is 0 Å². The van der Waals surface area contributed by atoms with E-state index in [1.54, 1.807) is 6.92 Å². The van der Waals surface area contributed by atoms with Gasteiger partial charge in [-0.3, -0.25) is 9.78 Å². The summed E-state index contributed by atoms with van der Waals surface area (Å²) in [5.74, 6) is -0.521. The summed E-state index contributed by atoms with van der Waals surface area (Å²) in [6.45, 7) is 1.90. The van der Waals surface area contributed by atoms with E-state index in [9.17, 15) is 13.6 Å². The lowest BCUT2D eigenvalue weighted by Gasteiger charge is -2.07. The number of hydrogen-bond acceptors (Lipinski definition) is 3. The summed E-state index contributed by atoms with van der Waals surface area (Å²) in [7, 11) is 0. The molecule has 5 heteroatoms. The molecule has 1 aromatic rings. The van der Waals surface area contributed by atoms with Gasteiger partial charge in [-0.1, -0.05) is 0 Å². The summed E-state index contributed by atoms with van der Waals surface area (Å²) in [6, 6.07) is 1.21. The van der Waals surface area contributed by atoms with E-state index < -0.39 is 12.4 Å². The van der Waals surface area contributed by atoms with Gasteiger partial charge in [0.15, 0.2) is 0 Å². The van der Waals surface area contributed by atoms with Crippen LogP contribution in [0.3, 0.4) is 0 Å². The highest BCUT2D eigenvalue weighted by Crippen LogP contribution is 2.22. The van der Waals surface area contributed by atoms with Crippen LogP contribution in [0.5, 0.6) is 0 Å². The highest BCUT2D eigenvalue weighted by atomic mass is 19.3. The van der Waals surface area contributed by atoms with Gasteiger partial charge in [0.25, 0.3) is 6.43 Å². The van der Waals surface area contributed by atoms with Gasteiger partial charge in [-0.05, 0) is 18.6 Å². The van der Waals surface area contributed by atoms with Crippen molar-refractivity contribution in [3.8, 4) is 0 Å². The van der Waals surface area contributed by atoms with Gasteiger partial charge in [0.2, 0.25) is 0 Å². The summed E-state index contributed by atoms with van der Waals surface area (Å²) in [4.78, 5) is 14.8. The van der Waals surface area contributed by atoms with E-state index in [1.807, 2.05) is 0 Å². The Hall–Kier alpha value is -1.52. The lowest BCUT2D eigenvalue weighted by Crippen LogP contribution is -2.09. The van der Waals surface area contributed by atoms with E-state index in [0.29, 0.717) is 0 Å². The Balaban J connectivity index is 2.80. The predicted octanol–water partition coefficient (Wildman–Crippen LogP) is 2.12. The zero-order chi connectivity index (χ0) is 11.3. The van der Waals surface area contributed by atoms with Gasteiger partial charge in [-0.25, -0.2) is 8.78 Å². The second-order valence-electron chi connectivity index (χ2n) is 2.86. The van der Waals surface area contributed by atoms with Crippen molar-refractivity contribution in [2.45, 2.75) is 19.8 Å². The molecule has 0 spiro atoms. The van der Waals surface area contributed by atoms with Gasteiger partial charge in [0.1, 0.15) is 0 Å². The van der Waals surface area contributed by atoms with Gasteiger partial charge in [-0.15, -0.1) is 0 Å². The van der Waals surface area contributed by atoms with Crippen molar-refractivity contribution in [2.24, 2.45) is 0 Å². The highest BCUT2D eigenvalue weighted by Gasteiger charge is 2.15. The summed E-state index contributed by atoms with van der Waals surface area (Å²) in [6.07, 6.45) is -0.229. The van der Waals surface area contributed by atoms with Gasteiger partial charge >= 0.3 is 5.97 Å². The van der Waals surface area contributed by atoms with E-state index in [1.165, 1.54) is 18.5 Å². The fraction of sp³-hybridized carbons (Fsp3) is 0.400. The van der Waals surface area contributed by atoms with Crippen LogP contribution in [0.2, 0.25) is 0 Å². The topological polar surface area (TPSA) is 39.2 Å². The highest BCUT2D eigenvalue weighted by molar-refractivity contribution is 5.72. The molecular weight excluding hydrogens is 204 g/mol. The molecule has 82 valence electrons. The Morgan fingerprint density at radius 2 is 2.33 bits per heavy atom. The Morgan fingerprint density at radius 3 is 2.93 bits per heavy atom. The van der Waals surface area contributed by atoms with Gasteiger partial charge in [-0.2, -0.15) is 0 Å². The molecule has 1 aromatic heterocycles. The van der Waals surface area contributed by atoms with Crippen molar-refractivity contribution in [2.75, 3.05) is 6.61 Å². The maximum Gasteiger partial charge on any atom is 0.310 e. The van der Waals surface area contributed by atoms with Crippen molar-refractivity contribution in [3.63, 3.8) is 0 Å². The quantitative estimate of drug-likeness (QED) is 0.722. The fourth-order valence-electron chi connectivity index (χ4n) is 1.17. The number of alkyl halides is 2. The average Bonchev–Trinajstić information content (AvgIpc) is 2.18. The Bertz CT molecular complexity index is 342. The molecule has 0 aromatic carbocycles. The lowest BCUT2D eigenvalue weighted by atomic mass is 10.1. The summed E-state index contributed by atoms with van der Waals surface area (Å²) < 4.78 is 29.6. The number of carbonyl (C=O) groups excluding carboxylic acids is 1. The molecule has 0 N–H and O–H groups in total. The van der Waals surface area contributed by atoms with E-state index >= 15 is 0 Å². The van der Waals surface area contributed by atoms with Crippen molar-refractivity contribution >= 4 is 5.97 Å². The maximum atomic E-state index is 12.5. The SMILES string of the molecule is CCOC(=O)Cc1cnccc1C(F)F. The van der Waals surface area contributed by atoms with Crippen molar-refractivity contribution in [3.05, 3.63) is 29.6 Å². The average molecular weight is 215 g/mol. The van der Waals surface area contributed by atoms with Gasteiger partial charge in [0.05, 0.1) is 13.0 Å². The second kappa shape index (κ2) is 5.38. The number of carbonyl (C=O) groups is 1. The summed E-state index contributed by atoms with van der Waals surface area (Å²) >= 11 is 0. The first kappa shape index (κ1) is 11.6. The molecule has 3 nitrogen and oxygen atoms in total. The largest absolute Gasteiger partial charge is 0.466 e. The van der Waals surface area contributed by atoms with Crippen molar-refractivity contribution in [1.82, 2.24) is 4.98 Å². The smallest absolute Gasteiger partial charge is 0.310 e. The van der Waals surface area contributed by atoms with E-state index in [0.717, 1.165) is 0 Å². The fourth-order valence-corrected chi connectivity index (χ4v) is 1.17. The third-order valence-electron chi connectivity index (χ3n) is 1.82. The van der Waals surface area contributed by atoms with E-state index in [-0.39, 0.29) is 24.2 Å². The second-order valence-corrected chi connectivity index (χ2v) is 2.86. The Morgan fingerprint density at radius 1 is 1.60 bits per heavy atom. The molecule has 0 unspecified atom stereocenters. The molecule has 1 rings (SSSR count). The van der Waals surface area contributed by atoms with Crippen molar-refractivity contribution < 1.29 is 18.3 Å². The Labute approximate surface area is 86.1 Å².